The SMILES string of the molecule is CC(C)(C)C(O)c1cc(F)cc(F)c1. The van der Waals surface area contributed by atoms with Crippen molar-refractivity contribution in [1.82, 2.24) is 0 Å². The Morgan fingerprint density at radius 1 is 1.07 bits per heavy atom. The number of rotatable bonds is 1. The second-order valence-electron chi connectivity index (χ2n) is 4.47. The molecule has 14 heavy (non-hydrogen) atoms. The van der Waals surface area contributed by atoms with E-state index in [-0.39, 0.29) is 5.56 Å². The molecule has 1 nitrogen and oxygen atoms in total. The summed E-state index contributed by atoms with van der Waals surface area (Å²) in [6, 6.07) is 3.09. The van der Waals surface area contributed by atoms with E-state index in [2.05, 4.69) is 0 Å². The Bertz CT molecular complexity index is 308. The summed E-state index contributed by atoms with van der Waals surface area (Å²) in [5.41, 5.74) is -0.157. The highest BCUT2D eigenvalue weighted by molar-refractivity contribution is 5.21. The highest BCUT2D eigenvalue weighted by Crippen LogP contribution is 2.32. The topological polar surface area (TPSA) is 20.2 Å². The third kappa shape index (κ3) is 2.51. The van der Waals surface area contributed by atoms with E-state index in [0.29, 0.717) is 0 Å². The standard InChI is InChI=1S/C11H14F2O/c1-11(2,3)10(14)7-4-8(12)6-9(13)5-7/h4-6,10,14H,1-3H3. The molecule has 1 N–H and O–H groups in total. The molecular formula is C11H14F2O. The minimum Gasteiger partial charge on any atom is -0.388 e. The average Bonchev–Trinajstić information content (AvgIpc) is 1.99. The van der Waals surface area contributed by atoms with Gasteiger partial charge in [0.1, 0.15) is 11.6 Å². The van der Waals surface area contributed by atoms with Crippen LogP contribution >= 0.6 is 0 Å². The van der Waals surface area contributed by atoms with Crippen LogP contribution in [-0.2, 0) is 0 Å². The Morgan fingerprint density at radius 3 is 1.86 bits per heavy atom. The number of benzene rings is 1. The largest absolute Gasteiger partial charge is 0.388 e. The molecule has 1 atom stereocenters. The van der Waals surface area contributed by atoms with E-state index in [4.69, 9.17) is 0 Å². The fourth-order valence-corrected chi connectivity index (χ4v) is 1.23. The number of aliphatic hydroxyl groups is 1. The van der Waals surface area contributed by atoms with Gasteiger partial charge in [0.15, 0.2) is 0 Å². The van der Waals surface area contributed by atoms with Crippen molar-refractivity contribution in [3.05, 3.63) is 35.4 Å². The van der Waals surface area contributed by atoms with Crippen molar-refractivity contribution in [3.63, 3.8) is 0 Å². The van der Waals surface area contributed by atoms with Crippen LogP contribution in [0.5, 0.6) is 0 Å². The number of hydrogen-bond acceptors (Lipinski definition) is 1. The molecule has 0 fully saturated rings. The zero-order valence-corrected chi connectivity index (χ0v) is 8.51. The lowest BCUT2D eigenvalue weighted by molar-refractivity contribution is 0.0621. The molecule has 0 bridgehead atoms. The zero-order valence-electron chi connectivity index (χ0n) is 8.51. The summed E-state index contributed by atoms with van der Waals surface area (Å²) < 4.78 is 25.7. The van der Waals surface area contributed by atoms with Gasteiger partial charge in [-0.2, -0.15) is 0 Å². The van der Waals surface area contributed by atoms with Gasteiger partial charge in [0.05, 0.1) is 6.10 Å². The summed E-state index contributed by atoms with van der Waals surface area (Å²) in [5, 5.41) is 9.77. The highest BCUT2D eigenvalue weighted by Gasteiger charge is 2.24. The van der Waals surface area contributed by atoms with Gasteiger partial charge in [-0.15, -0.1) is 0 Å². The molecule has 0 aliphatic carbocycles. The molecule has 0 heterocycles. The average molecular weight is 200 g/mol. The number of hydrogen-bond donors (Lipinski definition) is 1. The van der Waals surface area contributed by atoms with E-state index < -0.39 is 23.2 Å². The molecule has 78 valence electrons. The molecule has 3 heteroatoms. The van der Waals surface area contributed by atoms with E-state index in [1.54, 1.807) is 20.8 Å². The minimum absolute atomic E-state index is 0.273. The lowest BCUT2D eigenvalue weighted by Gasteiger charge is -2.26. The molecule has 0 aromatic heterocycles. The third-order valence-corrected chi connectivity index (χ3v) is 2.02. The van der Waals surface area contributed by atoms with Crippen LogP contribution in [0, 0.1) is 17.0 Å². The van der Waals surface area contributed by atoms with Crippen LogP contribution in [0.2, 0.25) is 0 Å². The summed E-state index contributed by atoms with van der Waals surface area (Å²) in [6.45, 7) is 5.42. The van der Waals surface area contributed by atoms with Crippen molar-refractivity contribution in [2.24, 2.45) is 5.41 Å². The number of halogens is 2. The van der Waals surface area contributed by atoms with Crippen LogP contribution in [0.15, 0.2) is 18.2 Å². The molecule has 0 radical (unpaired) electrons. The first-order valence-electron chi connectivity index (χ1n) is 4.45. The first kappa shape index (κ1) is 11.1. The molecule has 0 aliphatic heterocycles. The van der Waals surface area contributed by atoms with Gasteiger partial charge in [-0.3, -0.25) is 0 Å². The van der Waals surface area contributed by atoms with E-state index in [0.717, 1.165) is 18.2 Å². The summed E-state index contributed by atoms with van der Waals surface area (Å²) in [4.78, 5) is 0. The molecular weight excluding hydrogens is 186 g/mol. The van der Waals surface area contributed by atoms with Crippen molar-refractivity contribution < 1.29 is 13.9 Å². The van der Waals surface area contributed by atoms with Gasteiger partial charge in [0.2, 0.25) is 0 Å². The Hall–Kier alpha value is -0.960. The summed E-state index contributed by atoms with van der Waals surface area (Å²) in [7, 11) is 0. The third-order valence-electron chi connectivity index (χ3n) is 2.02. The maximum Gasteiger partial charge on any atom is 0.126 e. The predicted molar refractivity (Wildman–Crippen MR) is 50.8 cm³/mol. The quantitative estimate of drug-likeness (QED) is 0.738. The van der Waals surface area contributed by atoms with Crippen molar-refractivity contribution in [3.8, 4) is 0 Å². The van der Waals surface area contributed by atoms with Crippen molar-refractivity contribution in [2.75, 3.05) is 0 Å². The second kappa shape index (κ2) is 3.65. The van der Waals surface area contributed by atoms with Crippen LogP contribution in [0.25, 0.3) is 0 Å². The first-order chi connectivity index (χ1) is 6.30. The Morgan fingerprint density at radius 2 is 1.50 bits per heavy atom. The fraction of sp³-hybridized carbons (Fsp3) is 0.455. The summed E-state index contributed by atoms with van der Waals surface area (Å²) >= 11 is 0. The molecule has 1 unspecified atom stereocenters. The predicted octanol–water partition coefficient (Wildman–Crippen LogP) is 3.04. The molecule has 1 rings (SSSR count). The normalized spacial score (nSPS) is 14.1. The van der Waals surface area contributed by atoms with Gasteiger partial charge in [-0.05, 0) is 23.1 Å². The second-order valence-corrected chi connectivity index (χ2v) is 4.47. The Kier molecular flexibility index (Phi) is 2.90. The maximum atomic E-state index is 12.8. The van der Waals surface area contributed by atoms with E-state index in [1.807, 2.05) is 0 Å². The van der Waals surface area contributed by atoms with Gasteiger partial charge < -0.3 is 5.11 Å². The minimum atomic E-state index is -0.868. The van der Waals surface area contributed by atoms with Gasteiger partial charge in [0, 0.05) is 6.07 Å². The van der Waals surface area contributed by atoms with E-state index in [9.17, 15) is 13.9 Å². The van der Waals surface area contributed by atoms with E-state index >= 15 is 0 Å². The number of aliphatic hydroxyl groups excluding tert-OH is 1. The van der Waals surface area contributed by atoms with Crippen LogP contribution in [0.1, 0.15) is 32.4 Å². The van der Waals surface area contributed by atoms with Crippen LogP contribution < -0.4 is 0 Å². The molecule has 1 aromatic carbocycles. The maximum absolute atomic E-state index is 12.8. The first-order valence-corrected chi connectivity index (χ1v) is 4.45. The van der Waals surface area contributed by atoms with Crippen LogP contribution in [0.4, 0.5) is 8.78 Å². The van der Waals surface area contributed by atoms with Gasteiger partial charge in [-0.1, -0.05) is 20.8 Å². The molecule has 0 spiro atoms. The molecule has 0 amide bonds. The van der Waals surface area contributed by atoms with Crippen molar-refractivity contribution >= 4 is 0 Å². The van der Waals surface area contributed by atoms with Crippen LogP contribution in [0.3, 0.4) is 0 Å². The summed E-state index contributed by atoms with van der Waals surface area (Å²) in [6.07, 6.45) is -0.868. The summed E-state index contributed by atoms with van der Waals surface area (Å²) in [5.74, 6) is -1.33. The molecule has 0 saturated carbocycles. The highest BCUT2D eigenvalue weighted by atomic mass is 19.1. The monoisotopic (exact) mass is 200 g/mol. The molecule has 1 aromatic rings. The van der Waals surface area contributed by atoms with Gasteiger partial charge in [0.25, 0.3) is 0 Å². The lowest BCUT2D eigenvalue weighted by atomic mass is 9.85. The lowest BCUT2D eigenvalue weighted by Crippen LogP contribution is -2.18. The zero-order chi connectivity index (χ0) is 10.9. The molecule has 0 saturated heterocycles. The Balaban J connectivity index is 3.07. The van der Waals surface area contributed by atoms with Crippen molar-refractivity contribution in [1.29, 1.82) is 0 Å². The van der Waals surface area contributed by atoms with Crippen LogP contribution in [-0.4, -0.2) is 5.11 Å². The van der Waals surface area contributed by atoms with E-state index in [1.165, 1.54) is 0 Å². The smallest absolute Gasteiger partial charge is 0.126 e. The Labute approximate surface area is 82.4 Å². The van der Waals surface area contributed by atoms with Gasteiger partial charge in [-0.25, -0.2) is 8.78 Å². The van der Waals surface area contributed by atoms with Crippen molar-refractivity contribution in [2.45, 2.75) is 26.9 Å². The fourth-order valence-electron chi connectivity index (χ4n) is 1.23. The van der Waals surface area contributed by atoms with Gasteiger partial charge >= 0.3 is 0 Å². The molecule has 0 aliphatic rings.